The van der Waals surface area contributed by atoms with Gasteiger partial charge in [0.05, 0.1) is 19.1 Å². The van der Waals surface area contributed by atoms with Crippen molar-refractivity contribution in [3.63, 3.8) is 0 Å². The fourth-order valence-corrected chi connectivity index (χ4v) is 6.09. The standard InChI is InChI=1S/C18H23NO7S/c1-25-16-10-12(7-8-13(16)18(22)26-2)27(23,24)19-14-6-4-3-5-11(14)9-15(19)17(20)21/h7-8,10-11,14-15H,3-6,9H2,1-2H3,(H,20,21). The summed E-state index contributed by atoms with van der Waals surface area (Å²) in [6.07, 6.45) is 3.69. The van der Waals surface area contributed by atoms with Crippen molar-refractivity contribution in [2.45, 2.75) is 49.1 Å². The van der Waals surface area contributed by atoms with E-state index >= 15 is 0 Å². The van der Waals surface area contributed by atoms with Crippen LogP contribution in [-0.2, 0) is 19.6 Å². The summed E-state index contributed by atoms with van der Waals surface area (Å²) in [7, 11) is -1.52. The Labute approximate surface area is 158 Å². The van der Waals surface area contributed by atoms with E-state index in [1.54, 1.807) is 0 Å². The van der Waals surface area contributed by atoms with Gasteiger partial charge in [-0.15, -0.1) is 0 Å². The van der Waals surface area contributed by atoms with Crippen molar-refractivity contribution in [2.24, 2.45) is 5.92 Å². The van der Waals surface area contributed by atoms with Crippen LogP contribution < -0.4 is 4.74 Å². The first-order chi connectivity index (χ1) is 12.8. The van der Waals surface area contributed by atoms with Crippen LogP contribution in [0.3, 0.4) is 0 Å². The largest absolute Gasteiger partial charge is 0.496 e. The Bertz CT molecular complexity index is 851. The fourth-order valence-electron chi connectivity index (χ4n) is 4.21. The first-order valence-electron chi connectivity index (χ1n) is 8.84. The van der Waals surface area contributed by atoms with Crippen LogP contribution in [0.1, 0.15) is 42.5 Å². The number of ether oxygens (including phenoxy) is 2. The number of methoxy groups -OCH3 is 2. The van der Waals surface area contributed by atoms with Crippen molar-refractivity contribution in [3.05, 3.63) is 23.8 Å². The molecule has 8 nitrogen and oxygen atoms in total. The Morgan fingerprint density at radius 1 is 1.19 bits per heavy atom. The van der Waals surface area contributed by atoms with E-state index in [1.165, 1.54) is 32.4 Å². The Morgan fingerprint density at radius 3 is 2.52 bits per heavy atom. The zero-order valence-electron chi connectivity index (χ0n) is 15.3. The van der Waals surface area contributed by atoms with E-state index in [-0.39, 0.29) is 28.2 Å². The van der Waals surface area contributed by atoms with Crippen molar-refractivity contribution in [2.75, 3.05) is 14.2 Å². The van der Waals surface area contributed by atoms with E-state index in [0.717, 1.165) is 23.6 Å². The summed E-state index contributed by atoms with van der Waals surface area (Å²) < 4.78 is 37.6. The highest BCUT2D eigenvalue weighted by Gasteiger charge is 2.51. The van der Waals surface area contributed by atoms with Gasteiger partial charge >= 0.3 is 11.9 Å². The summed E-state index contributed by atoms with van der Waals surface area (Å²) >= 11 is 0. The van der Waals surface area contributed by atoms with Crippen LogP contribution >= 0.6 is 0 Å². The summed E-state index contributed by atoms with van der Waals surface area (Å²) in [4.78, 5) is 23.5. The maximum Gasteiger partial charge on any atom is 0.341 e. The predicted molar refractivity (Wildman–Crippen MR) is 95.1 cm³/mol. The molecular weight excluding hydrogens is 374 g/mol. The number of carboxylic acid groups (broad SMARTS) is 1. The fraction of sp³-hybridized carbons (Fsp3) is 0.556. The third-order valence-electron chi connectivity index (χ3n) is 5.47. The molecule has 3 unspecified atom stereocenters. The van der Waals surface area contributed by atoms with Crippen molar-refractivity contribution >= 4 is 22.0 Å². The van der Waals surface area contributed by atoms with Crippen LogP contribution in [-0.4, -0.2) is 56.1 Å². The third kappa shape index (κ3) is 3.41. The quantitative estimate of drug-likeness (QED) is 0.756. The summed E-state index contributed by atoms with van der Waals surface area (Å²) in [5.74, 6) is -1.65. The number of benzene rings is 1. The van der Waals surface area contributed by atoms with Gasteiger partial charge < -0.3 is 14.6 Å². The SMILES string of the molecule is COC(=O)c1ccc(S(=O)(=O)N2C(C(=O)O)CC3CCCCC32)cc1OC. The Kier molecular flexibility index (Phi) is 5.43. The number of carbonyl (C=O) groups excluding carboxylic acids is 1. The molecule has 1 N–H and O–H groups in total. The highest BCUT2D eigenvalue weighted by molar-refractivity contribution is 7.89. The summed E-state index contributed by atoms with van der Waals surface area (Å²) in [5.41, 5.74) is 0.102. The van der Waals surface area contributed by atoms with E-state index in [0.29, 0.717) is 12.8 Å². The molecule has 1 aromatic rings. The second-order valence-electron chi connectivity index (χ2n) is 6.89. The zero-order valence-corrected chi connectivity index (χ0v) is 16.1. The number of carbonyl (C=O) groups is 2. The molecule has 2 fully saturated rings. The molecule has 0 amide bonds. The molecule has 0 spiro atoms. The van der Waals surface area contributed by atoms with Crippen LogP contribution in [0.2, 0.25) is 0 Å². The van der Waals surface area contributed by atoms with Crippen molar-refractivity contribution in [3.8, 4) is 5.75 Å². The molecule has 0 bridgehead atoms. The second kappa shape index (κ2) is 7.47. The number of carboxylic acids is 1. The Morgan fingerprint density at radius 2 is 1.89 bits per heavy atom. The molecule has 0 radical (unpaired) electrons. The summed E-state index contributed by atoms with van der Waals surface area (Å²) in [5, 5.41) is 9.60. The highest BCUT2D eigenvalue weighted by atomic mass is 32.2. The summed E-state index contributed by atoms with van der Waals surface area (Å²) in [6, 6.07) is 2.47. The molecule has 2 aliphatic rings. The van der Waals surface area contributed by atoms with Gasteiger partial charge in [-0.25, -0.2) is 13.2 Å². The molecule has 9 heteroatoms. The van der Waals surface area contributed by atoms with Crippen LogP contribution in [0.15, 0.2) is 23.1 Å². The van der Waals surface area contributed by atoms with Gasteiger partial charge in [0.15, 0.2) is 0 Å². The minimum atomic E-state index is -4.06. The smallest absolute Gasteiger partial charge is 0.341 e. The maximum absolute atomic E-state index is 13.3. The van der Waals surface area contributed by atoms with Gasteiger partial charge in [0.2, 0.25) is 10.0 Å². The molecule has 1 aliphatic carbocycles. The van der Waals surface area contributed by atoms with Crippen molar-refractivity contribution in [1.29, 1.82) is 0 Å². The number of esters is 1. The molecule has 1 saturated carbocycles. The Balaban J connectivity index is 2.04. The number of hydrogen-bond acceptors (Lipinski definition) is 6. The Hall–Kier alpha value is -2.13. The number of sulfonamides is 1. The number of nitrogens with zero attached hydrogens (tertiary/aromatic N) is 1. The molecule has 1 saturated heterocycles. The monoisotopic (exact) mass is 397 g/mol. The van der Waals surface area contributed by atoms with Gasteiger partial charge in [-0.3, -0.25) is 4.79 Å². The van der Waals surface area contributed by atoms with Gasteiger partial charge in [0, 0.05) is 12.1 Å². The van der Waals surface area contributed by atoms with Crippen LogP contribution in [0.25, 0.3) is 0 Å². The van der Waals surface area contributed by atoms with E-state index in [9.17, 15) is 23.1 Å². The van der Waals surface area contributed by atoms with Crippen LogP contribution in [0, 0.1) is 5.92 Å². The lowest BCUT2D eigenvalue weighted by molar-refractivity contribution is -0.141. The molecule has 1 heterocycles. The van der Waals surface area contributed by atoms with Crippen LogP contribution in [0.4, 0.5) is 0 Å². The molecule has 1 aliphatic heterocycles. The zero-order chi connectivity index (χ0) is 19.8. The normalized spacial score (nSPS) is 25.6. The van der Waals surface area contributed by atoms with Crippen LogP contribution in [0.5, 0.6) is 5.75 Å². The predicted octanol–water partition coefficient (Wildman–Crippen LogP) is 1.89. The minimum Gasteiger partial charge on any atom is -0.496 e. The first-order valence-corrected chi connectivity index (χ1v) is 10.3. The lowest BCUT2D eigenvalue weighted by atomic mass is 9.85. The number of rotatable bonds is 5. The number of hydrogen-bond donors (Lipinski definition) is 1. The molecule has 0 aromatic heterocycles. The van der Waals surface area contributed by atoms with Crippen molar-refractivity contribution in [1.82, 2.24) is 4.31 Å². The van der Waals surface area contributed by atoms with E-state index in [1.807, 2.05) is 0 Å². The van der Waals surface area contributed by atoms with Gasteiger partial charge in [-0.05, 0) is 37.3 Å². The molecule has 1 aromatic carbocycles. The lowest BCUT2D eigenvalue weighted by Crippen LogP contribution is -2.46. The molecule has 148 valence electrons. The number of fused-ring (bicyclic) bond motifs is 1. The third-order valence-corrected chi connectivity index (χ3v) is 7.40. The van der Waals surface area contributed by atoms with E-state index < -0.39 is 28.0 Å². The van der Waals surface area contributed by atoms with Gasteiger partial charge in [-0.2, -0.15) is 4.31 Å². The topological polar surface area (TPSA) is 110 Å². The average molecular weight is 397 g/mol. The van der Waals surface area contributed by atoms with Gasteiger partial charge in [-0.1, -0.05) is 12.8 Å². The lowest BCUT2D eigenvalue weighted by Gasteiger charge is -2.32. The van der Waals surface area contributed by atoms with Gasteiger partial charge in [0.1, 0.15) is 17.4 Å². The molecule has 27 heavy (non-hydrogen) atoms. The summed E-state index contributed by atoms with van der Waals surface area (Å²) in [6.45, 7) is 0. The maximum atomic E-state index is 13.3. The second-order valence-corrected chi connectivity index (χ2v) is 8.73. The van der Waals surface area contributed by atoms with E-state index in [4.69, 9.17) is 4.74 Å². The molecular formula is C18H23NO7S. The highest BCUT2D eigenvalue weighted by Crippen LogP contribution is 2.43. The average Bonchev–Trinajstić information content (AvgIpc) is 3.07. The van der Waals surface area contributed by atoms with E-state index in [2.05, 4.69) is 4.74 Å². The molecule has 3 atom stereocenters. The number of aliphatic carboxylic acids is 1. The first kappa shape index (κ1) is 19.6. The minimum absolute atomic E-state index is 0.0610. The van der Waals surface area contributed by atoms with Gasteiger partial charge in [0.25, 0.3) is 0 Å². The van der Waals surface area contributed by atoms with Crippen molar-refractivity contribution < 1.29 is 32.6 Å². The molecule has 3 rings (SSSR count).